The minimum Gasteiger partial charge on any atom is -0.306 e. The molecule has 5 nitrogen and oxygen atoms in total. The molecule has 1 aromatic heterocycles. The molecule has 1 N–H and O–H groups in total. The highest BCUT2D eigenvalue weighted by Crippen LogP contribution is 2.18. The van der Waals surface area contributed by atoms with Crippen LogP contribution in [0, 0.1) is 0 Å². The fourth-order valence-corrected chi connectivity index (χ4v) is 1.43. The van der Waals surface area contributed by atoms with E-state index in [-0.39, 0.29) is 11.6 Å². The molecule has 0 saturated heterocycles. The average molecular weight is 239 g/mol. The normalized spacial score (nSPS) is 9.33. The standard InChI is InChI=1S/C13H9N3O2/c17-9-15-11-6-2-1-5-10(11)13(18)16-12-7-3-4-8-14-12/h1-8H,(H,14,16,18). The number of anilines is 1. The number of carbonyl (C=O) groups is 1. The molecule has 0 atom stereocenters. The Bertz CT molecular complexity index is 605. The minimum absolute atomic E-state index is 0.279. The van der Waals surface area contributed by atoms with Crippen molar-refractivity contribution in [2.24, 2.45) is 4.99 Å². The van der Waals surface area contributed by atoms with Crippen LogP contribution in [0.2, 0.25) is 0 Å². The zero-order chi connectivity index (χ0) is 12.8. The highest BCUT2D eigenvalue weighted by molar-refractivity contribution is 6.07. The molecule has 0 aliphatic heterocycles. The van der Waals surface area contributed by atoms with Gasteiger partial charge in [-0.05, 0) is 24.3 Å². The van der Waals surface area contributed by atoms with Gasteiger partial charge in [-0.2, -0.15) is 4.99 Å². The third kappa shape index (κ3) is 2.66. The number of para-hydroxylation sites is 1. The molecule has 0 unspecified atom stereocenters. The molecule has 2 rings (SSSR count). The lowest BCUT2D eigenvalue weighted by atomic mass is 10.1. The third-order valence-electron chi connectivity index (χ3n) is 2.22. The Balaban J connectivity index is 2.27. The summed E-state index contributed by atoms with van der Waals surface area (Å²) in [5.74, 6) is 0.0654. The van der Waals surface area contributed by atoms with E-state index in [2.05, 4.69) is 15.3 Å². The van der Waals surface area contributed by atoms with E-state index in [4.69, 9.17) is 0 Å². The van der Waals surface area contributed by atoms with Gasteiger partial charge in [0.1, 0.15) is 5.82 Å². The number of aliphatic imine (C=N–C) groups is 1. The smallest absolute Gasteiger partial charge is 0.259 e. The molecule has 0 bridgehead atoms. The molecule has 1 amide bonds. The molecule has 5 heteroatoms. The Kier molecular flexibility index (Phi) is 3.59. The van der Waals surface area contributed by atoms with Crippen molar-refractivity contribution in [3.63, 3.8) is 0 Å². The Labute approximate surface area is 103 Å². The van der Waals surface area contributed by atoms with Gasteiger partial charge in [-0.1, -0.05) is 18.2 Å². The van der Waals surface area contributed by atoms with Crippen molar-refractivity contribution in [2.75, 3.05) is 5.32 Å². The van der Waals surface area contributed by atoms with Gasteiger partial charge in [0.05, 0.1) is 11.3 Å². The molecular weight excluding hydrogens is 230 g/mol. The van der Waals surface area contributed by atoms with Gasteiger partial charge in [0.15, 0.2) is 0 Å². The van der Waals surface area contributed by atoms with Crippen molar-refractivity contribution >= 4 is 23.5 Å². The third-order valence-corrected chi connectivity index (χ3v) is 2.22. The van der Waals surface area contributed by atoms with Crippen molar-refractivity contribution in [1.82, 2.24) is 4.98 Å². The number of nitrogens with one attached hydrogen (secondary N) is 1. The number of benzene rings is 1. The van der Waals surface area contributed by atoms with Crippen LogP contribution in [0.3, 0.4) is 0 Å². The molecule has 2 aromatic rings. The van der Waals surface area contributed by atoms with Crippen molar-refractivity contribution in [3.05, 3.63) is 54.2 Å². The van der Waals surface area contributed by atoms with Crippen LogP contribution in [0.5, 0.6) is 0 Å². The predicted molar refractivity (Wildman–Crippen MR) is 66.4 cm³/mol. The summed E-state index contributed by atoms with van der Waals surface area (Å²) in [6.45, 7) is 0. The molecule has 0 spiro atoms. The Hall–Kier alpha value is -2.78. The van der Waals surface area contributed by atoms with Crippen LogP contribution in [-0.4, -0.2) is 17.0 Å². The van der Waals surface area contributed by atoms with E-state index >= 15 is 0 Å². The predicted octanol–water partition coefficient (Wildman–Crippen LogP) is 2.30. The van der Waals surface area contributed by atoms with Crippen LogP contribution in [0.25, 0.3) is 0 Å². The van der Waals surface area contributed by atoms with Gasteiger partial charge in [0.25, 0.3) is 5.91 Å². The van der Waals surface area contributed by atoms with E-state index in [1.807, 2.05) is 0 Å². The van der Waals surface area contributed by atoms with Crippen LogP contribution in [-0.2, 0) is 4.79 Å². The van der Waals surface area contributed by atoms with E-state index in [9.17, 15) is 9.59 Å². The minimum atomic E-state index is -0.372. The van der Waals surface area contributed by atoms with Crippen LogP contribution < -0.4 is 5.32 Å². The SMILES string of the molecule is O=C=Nc1ccccc1C(=O)Nc1ccccn1. The molecule has 1 heterocycles. The van der Waals surface area contributed by atoms with E-state index in [1.54, 1.807) is 48.7 Å². The first kappa shape index (κ1) is 11.7. The summed E-state index contributed by atoms with van der Waals surface area (Å²) in [5.41, 5.74) is 0.576. The fraction of sp³-hybridized carbons (Fsp3) is 0. The molecule has 0 aliphatic rings. The first-order chi connectivity index (χ1) is 8.81. The molecule has 0 aliphatic carbocycles. The Morgan fingerprint density at radius 1 is 1.17 bits per heavy atom. The summed E-state index contributed by atoms with van der Waals surface area (Å²) in [4.78, 5) is 29.7. The number of aromatic nitrogens is 1. The lowest BCUT2D eigenvalue weighted by Gasteiger charge is -2.05. The van der Waals surface area contributed by atoms with Gasteiger partial charge < -0.3 is 5.32 Å². The van der Waals surface area contributed by atoms with Crippen LogP contribution in [0.4, 0.5) is 11.5 Å². The molecule has 18 heavy (non-hydrogen) atoms. The van der Waals surface area contributed by atoms with Gasteiger partial charge in [0, 0.05) is 6.20 Å². The topological polar surface area (TPSA) is 71.4 Å². The maximum absolute atomic E-state index is 12.0. The molecule has 88 valence electrons. The van der Waals surface area contributed by atoms with Gasteiger partial charge in [0.2, 0.25) is 6.08 Å². The lowest BCUT2D eigenvalue weighted by Crippen LogP contribution is -2.12. The van der Waals surface area contributed by atoms with Crippen molar-refractivity contribution < 1.29 is 9.59 Å². The molecule has 0 radical (unpaired) electrons. The van der Waals surface area contributed by atoms with Crippen LogP contribution in [0.15, 0.2) is 53.7 Å². The number of isocyanates is 1. The van der Waals surface area contributed by atoms with E-state index < -0.39 is 0 Å². The maximum Gasteiger partial charge on any atom is 0.259 e. The monoisotopic (exact) mass is 239 g/mol. The highest BCUT2D eigenvalue weighted by Gasteiger charge is 2.10. The number of pyridine rings is 1. The number of rotatable bonds is 3. The largest absolute Gasteiger partial charge is 0.306 e. The molecular formula is C13H9N3O2. The number of amides is 1. The first-order valence-corrected chi connectivity index (χ1v) is 5.20. The van der Waals surface area contributed by atoms with Gasteiger partial charge in [-0.25, -0.2) is 9.78 Å². The first-order valence-electron chi connectivity index (χ1n) is 5.20. The molecule has 0 fully saturated rings. The van der Waals surface area contributed by atoms with Crippen molar-refractivity contribution in [2.45, 2.75) is 0 Å². The fourth-order valence-electron chi connectivity index (χ4n) is 1.43. The van der Waals surface area contributed by atoms with E-state index in [0.717, 1.165) is 0 Å². The zero-order valence-corrected chi connectivity index (χ0v) is 9.33. The number of nitrogens with zero attached hydrogens (tertiary/aromatic N) is 2. The molecule has 0 saturated carbocycles. The van der Waals surface area contributed by atoms with Crippen LogP contribution >= 0.6 is 0 Å². The van der Waals surface area contributed by atoms with Crippen LogP contribution in [0.1, 0.15) is 10.4 Å². The number of hydrogen-bond acceptors (Lipinski definition) is 4. The number of hydrogen-bond donors (Lipinski definition) is 1. The maximum atomic E-state index is 12.0. The average Bonchev–Trinajstić information content (AvgIpc) is 2.41. The van der Waals surface area contributed by atoms with Crippen molar-refractivity contribution in [1.29, 1.82) is 0 Å². The highest BCUT2D eigenvalue weighted by atomic mass is 16.1. The summed E-state index contributed by atoms with van der Waals surface area (Å²) < 4.78 is 0. The van der Waals surface area contributed by atoms with Gasteiger partial charge in [-0.3, -0.25) is 4.79 Å². The lowest BCUT2D eigenvalue weighted by molar-refractivity contribution is 0.102. The van der Waals surface area contributed by atoms with E-state index in [0.29, 0.717) is 11.4 Å². The Morgan fingerprint density at radius 3 is 2.67 bits per heavy atom. The summed E-state index contributed by atoms with van der Waals surface area (Å²) >= 11 is 0. The summed E-state index contributed by atoms with van der Waals surface area (Å²) in [6.07, 6.45) is 3.00. The van der Waals surface area contributed by atoms with Crippen molar-refractivity contribution in [3.8, 4) is 0 Å². The zero-order valence-electron chi connectivity index (χ0n) is 9.33. The second kappa shape index (κ2) is 5.52. The number of carbonyl (C=O) groups excluding carboxylic acids is 2. The second-order valence-corrected chi connectivity index (χ2v) is 3.39. The Morgan fingerprint density at radius 2 is 1.94 bits per heavy atom. The summed E-state index contributed by atoms with van der Waals surface area (Å²) in [5, 5.41) is 2.62. The summed E-state index contributed by atoms with van der Waals surface area (Å²) in [7, 11) is 0. The summed E-state index contributed by atoms with van der Waals surface area (Å²) in [6, 6.07) is 11.7. The van der Waals surface area contributed by atoms with E-state index in [1.165, 1.54) is 6.08 Å². The van der Waals surface area contributed by atoms with Gasteiger partial charge in [-0.15, -0.1) is 0 Å². The molecule has 1 aromatic carbocycles. The second-order valence-electron chi connectivity index (χ2n) is 3.39. The van der Waals surface area contributed by atoms with Gasteiger partial charge >= 0.3 is 0 Å². The quantitative estimate of drug-likeness (QED) is 0.659.